The van der Waals surface area contributed by atoms with Gasteiger partial charge in [-0.05, 0) is 12.0 Å². The van der Waals surface area contributed by atoms with Crippen molar-refractivity contribution in [3.63, 3.8) is 0 Å². The van der Waals surface area contributed by atoms with Crippen LogP contribution in [0, 0.1) is 0 Å². The number of nitrogens with two attached hydrogens (primary N) is 1. The summed E-state index contributed by atoms with van der Waals surface area (Å²) in [6.45, 7) is 4.80. The molecule has 1 aromatic heterocycles. The van der Waals surface area contributed by atoms with Crippen molar-refractivity contribution in [2.45, 2.75) is 25.8 Å². The highest BCUT2D eigenvalue weighted by atomic mass is 16.5. The molecule has 20 heavy (non-hydrogen) atoms. The minimum Gasteiger partial charge on any atom is -0.491 e. The van der Waals surface area contributed by atoms with Crippen LogP contribution >= 0.6 is 0 Å². The van der Waals surface area contributed by atoms with Gasteiger partial charge in [0.2, 0.25) is 0 Å². The largest absolute Gasteiger partial charge is 0.491 e. The highest BCUT2D eigenvalue weighted by Crippen LogP contribution is 2.36. The summed E-state index contributed by atoms with van der Waals surface area (Å²) < 4.78 is 7.50. The summed E-state index contributed by atoms with van der Waals surface area (Å²) >= 11 is 0. The standard InChI is InChI=1S/C15H20N4O/c1-9(2)14-13(16)15(19(3)18-14)17-11-8-20-12-7-5-4-6-10(11)12/h4-7,9,11,17H,8,16H2,1-3H3. The molecule has 0 aliphatic carbocycles. The Morgan fingerprint density at radius 1 is 1.40 bits per heavy atom. The molecule has 1 unspecified atom stereocenters. The van der Waals surface area contributed by atoms with Crippen LogP contribution in [-0.2, 0) is 7.05 Å². The molecule has 106 valence electrons. The van der Waals surface area contributed by atoms with Gasteiger partial charge in [0.1, 0.15) is 18.2 Å². The van der Waals surface area contributed by atoms with Crippen LogP contribution in [0.4, 0.5) is 11.5 Å². The fraction of sp³-hybridized carbons (Fsp3) is 0.400. The molecule has 3 N–H and O–H groups in total. The number of rotatable bonds is 3. The van der Waals surface area contributed by atoms with E-state index in [1.54, 1.807) is 0 Å². The van der Waals surface area contributed by atoms with Crippen LogP contribution < -0.4 is 15.8 Å². The van der Waals surface area contributed by atoms with Gasteiger partial charge >= 0.3 is 0 Å². The molecule has 0 radical (unpaired) electrons. The van der Waals surface area contributed by atoms with E-state index in [4.69, 9.17) is 10.5 Å². The maximum atomic E-state index is 6.22. The third kappa shape index (κ3) is 1.99. The van der Waals surface area contributed by atoms with Crippen molar-refractivity contribution in [3.8, 4) is 5.75 Å². The molecular weight excluding hydrogens is 252 g/mol. The van der Waals surface area contributed by atoms with Gasteiger partial charge in [-0.2, -0.15) is 5.10 Å². The molecule has 5 heteroatoms. The zero-order valence-corrected chi connectivity index (χ0v) is 12.1. The second-order valence-electron chi connectivity index (χ2n) is 5.47. The van der Waals surface area contributed by atoms with E-state index in [9.17, 15) is 0 Å². The Bertz CT molecular complexity index is 633. The zero-order valence-electron chi connectivity index (χ0n) is 12.1. The van der Waals surface area contributed by atoms with Crippen LogP contribution in [0.3, 0.4) is 0 Å². The molecular formula is C15H20N4O. The number of anilines is 2. The SMILES string of the molecule is CC(C)c1nn(C)c(NC2COc3ccccc32)c1N. The molecule has 1 atom stereocenters. The van der Waals surface area contributed by atoms with Crippen LogP contribution in [-0.4, -0.2) is 16.4 Å². The molecule has 0 amide bonds. The monoisotopic (exact) mass is 272 g/mol. The molecule has 0 spiro atoms. The molecule has 0 saturated heterocycles. The van der Waals surface area contributed by atoms with Crippen LogP contribution in [0.2, 0.25) is 0 Å². The number of nitrogens with zero attached hydrogens (tertiary/aromatic N) is 2. The van der Waals surface area contributed by atoms with Gasteiger partial charge in [-0.25, -0.2) is 0 Å². The summed E-state index contributed by atoms with van der Waals surface area (Å²) in [5, 5.41) is 7.96. The predicted molar refractivity (Wildman–Crippen MR) is 80.0 cm³/mol. The Hall–Kier alpha value is -2.17. The van der Waals surface area contributed by atoms with Crippen LogP contribution in [0.1, 0.15) is 37.1 Å². The Morgan fingerprint density at radius 3 is 2.85 bits per heavy atom. The number of aryl methyl sites for hydroxylation is 1. The van der Waals surface area contributed by atoms with Gasteiger partial charge in [-0.1, -0.05) is 32.0 Å². The molecule has 0 saturated carbocycles. The smallest absolute Gasteiger partial charge is 0.148 e. The summed E-state index contributed by atoms with van der Waals surface area (Å²) in [5.74, 6) is 2.11. The lowest BCUT2D eigenvalue weighted by Gasteiger charge is -2.14. The van der Waals surface area contributed by atoms with E-state index in [1.165, 1.54) is 5.56 Å². The zero-order chi connectivity index (χ0) is 14.3. The first kappa shape index (κ1) is 12.8. The van der Waals surface area contributed by atoms with Gasteiger partial charge < -0.3 is 15.8 Å². The van der Waals surface area contributed by atoms with Crippen molar-refractivity contribution in [1.82, 2.24) is 9.78 Å². The van der Waals surface area contributed by atoms with E-state index >= 15 is 0 Å². The van der Waals surface area contributed by atoms with Crippen molar-refractivity contribution >= 4 is 11.5 Å². The lowest BCUT2D eigenvalue weighted by atomic mass is 10.1. The Morgan fingerprint density at radius 2 is 2.15 bits per heavy atom. The molecule has 0 bridgehead atoms. The van der Waals surface area contributed by atoms with Gasteiger partial charge in [0, 0.05) is 12.6 Å². The predicted octanol–water partition coefficient (Wildman–Crippen LogP) is 2.67. The fourth-order valence-corrected chi connectivity index (χ4v) is 2.61. The summed E-state index contributed by atoms with van der Waals surface area (Å²) in [7, 11) is 1.91. The van der Waals surface area contributed by atoms with Crippen molar-refractivity contribution in [3.05, 3.63) is 35.5 Å². The van der Waals surface area contributed by atoms with Crippen molar-refractivity contribution in [1.29, 1.82) is 0 Å². The van der Waals surface area contributed by atoms with Crippen molar-refractivity contribution < 1.29 is 4.74 Å². The van der Waals surface area contributed by atoms with Crippen LogP contribution in [0.5, 0.6) is 5.75 Å². The van der Waals surface area contributed by atoms with Crippen molar-refractivity contribution in [2.24, 2.45) is 7.05 Å². The van der Waals surface area contributed by atoms with Crippen LogP contribution in [0.15, 0.2) is 24.3 Å². The highest BCUT2D eigenvalue weighted by molar-refractivity contribution is 5.67. The Kier molecular flexibility index (Phi) is 3.04. The molecule has 3 rings (SSSR count). The highest BCUT2D eigenvalue weighted by Gasteiger charge is 2.26. The van der Waals surface area contributed by atoms with E-state index in [2.05, 4.69) is 30.3 Å². The van der Waals surface area contributed by atoms with Gasteiger partial charge in [0.05, 0.1) is 17.4 Å². The molecule has 5 nitrogen and oxygen atoms in total. The van der Waals surface area contributed by atoms with E-state index in [1.807, 2.05) is 29.9 Å². The molecule has 0 fully saturated rings. The number of ether oxygens (including phenoxy) is 1. The van der Waals surface area contributed by atoms with E-state index < -0.39 is 0 Å². The second kappa shape index (κ2) is 4.74. The molecule has 1 aliphatic heterocycles. The average Bonchev–Trinajstić information content (AvgIpc) is 2.95. The maximum absolute atomic E-state index is 6.22. The summed E-state index contributed by atoms with van der Waals surface area (Å²) in [6, 6.07) is 8.19. The third-order valence-electron chi connectivity index (χ3n) is 3.67. The van der Waals surface area contributed by atoms with Crippen LogP contribution in [0.25, 0.3) is 0 Å². The fourth-order valence-electron chi connectivity index (χ4n) is 2.61. The number of hydrogen-bond donors (Lipinski definition) is 2. The molecule has 1 aromatic carbocycles. The molecule has 2 heterocycles. The van der Waals surface area contributed by atoms with E-state index in [0.717, 1.165) is 22.9 Å². The quantitative estimate of drug-likeness (QED) is 0.901. The Labute approximate surface area is 118 Å². The first-order chi connectivity index (χ1) is 9.58. The van der Waals surface area contributed by atoms with Crippen molar-refractivity contribution in [2.75, 3.05) is 17.7 Å². The van der Waals surface area contributed by atoms with Gasteiger partial charge in [0.25, 0.3) is 0 Å². The number of fused-ring (bicyclic) bond motifs is 1. The van der Waals surface area contributed by atoms with Gasteiger partial charge in [0.15, 0.2) is 0 Å². The summed E-state index contributed by atoms with van der Waals surface area (Å²) in [5.41, 5.74) is 9.04. The summed E-state index contributed by atoms with van der Waals surface area (Å²) in [4.78, 5) is 0. The first-order valence-electron chi connectivity index (χ1n) is 6.88. The van der Waals surface area contributed by atoms with Gasteiger partial charge in [-0.15, -0.1) is 0 Å². The number of hydrogen-bond acceptors (Lipinski definition) is 4. The summed E-state index contributed by atoms with van der Waals surface area (Å²) in [6.07, 6.45) is 0. The minimum absolute atomic E-state index is 0.115. The number of benzene rings is 1. The van der Waals surface area contributed by atoms with E-state index in [-0.39, 0.29) is 6.04 Å². The number of nitrogens with one attached hydrogen (secondary N) is 1. The second-order valence-corrected chi connectivity index (χ2v) is 5.47. The maximum Gasteiger partial charge on any atom is 0.148 e. The third-order valence-corrected chi connectivity index (χ3v) is 3.67. The van der Waals surface area contributed by atoms with Gasteiger partial charge in [-0.3, -0.25) is 4.68 Å². The first-order valence-corrected chi connectivity index (χ1v) is 6.88. The lowest BCUT2D eigenvalue weighted by Crippen LogP contribution is -2.15. The topological polar surface area (TPSA) is 65.1 Å². The number of nitrogen functional groups attached to an aromatic ring is 1. The number of para-hydroxylation sites is 1. The normalized spacial score (nSPS) is 17.1. The van der Waals surface area contributed by atoms with E-state index in [0.29, 0.717) is 12.5 Å². The average molecular weight is 272 g/mol. The molecule has 1 aliphatic rings. The number of aromatic nitrogens is 2. The lowest BCUT2D eigenvalue weighted by molar-refractivity contribution is 0.339. The molecule has 2 aromatic rings. The Balaban J connectivity index is 1.90. The minimum atomic E-state index is 0.115.